The summed E-state index contributed by atoms with van der Waals surface area (Å²) >= 11 is 0. The van der Waals surface area contributed by atoms with Crippen molar-refractivity contribution in [2.45, 2.75) is 33.1 Å². The molecule has 0 radical (unpaired) electrons. The van der Waals surface area contributed by atoms with Crippen molar-refractivity contribution in [3.63, 3.8) is 0 Å². The number of amides is 1. The molecule has 0 heterocycles. The maximum absolute atomic E-state index is 11.7. The van der Waals surface area contributed by atoms with Crippen molar-refractivity contribution >= 4 is 5.91 Å². The van der Waals surface area contributed by atoms with Gasteiger partial charge >= 0.3 is 0 Å². The topological polar surface area (TPSA) is 41.1 Å². The fraction of sp³-hybridized carbons (Fsp3) is 0.562. The highest BCUT2D eigenvalue weighted by molar-refractivity contribution is 5.75. The molecule has 19 heavy (non-hydrogen) atoms. The molecule has 0 aliphatic heterocycles. The van der Waals surface area contributed by atoms with Gasteiger partial charge in [-0.2, -0.15) is 0 Å². The Morgan fingerprint density at radius 3 is 2.53 bits per heavy atom. The maximum atomic E-state index is 11.7. The van der Waals surface area contributed by atoms with Gasteiger partial charge in [-0.15, -0.1) is 0 Å². The highest BCUT2D eigenvalue weighted by Crippen LogP contribution is 2.20. The Labute approximate surface area is 116 Å². The van der Waals surface area contributed by atoms with Crippen LogP contribution in [0.1, 0.15) is 32.3 Å². The van der Waals surface area contributed by atoms with Gasteiger partial charge in [-0.05, 0) is 37.4 Å². The molecule has 106 valence electrons. The predicted molar refractivity (Wildman–Crippen MR) is 80.1 cm³/mol. The van der Waals surface area contributed by atoms with Crippen molar-refractivity contribution < 1.29 is 4.79 Å². The minimum Gasteiger partial charge on any atom is -0.356 e. The van der Waals surface area contributed by atoms with Crippen LogP contribution < -0.4 is 10.6 Å². The number of rotatable bonds is 8. The summed E-state index contributed by atoms with van der Waals surface area (Å²) in [6.07, 6.45) is 2.47. The van der Waals surface area contributed by atoms with Crippen molar-refractivity contribution in [2.75, 3.05) is 20.1 Å². The molecule has 0 aliphatic rings. The van der Waals surface area contributed by atoms with Crippen molar-refractivity contribution in [3.8, 4) is 0 Å². The summed E-state index contributed by atoms with van der Waals surface area (Å²) in [5.41, 5.74) is 1.40. The highest BCUT2D eigenvalue weighted by atomic mass is 16.1. The lowest BCUT2D eigenvalue weighted by atomic mass is 9.85. The number of carbonyl (C=O) groups is 1. The van der Waals surface area contributed by atoms with Gasteiger partial charge in [0.25, 0.3) is 0 Å². The molecule has 1 aromatic rings. The Bertz CT molecular complexity index is 374. The van der Waals surface area contributed by atoms with E-state index in [1.165, 1.54) is 5.56 Å². The number of benzene rings is 1. The Balaban J connectivity index is 2.32. The summed E-state index contributed by atoms with van der Waals surface area (Å²) in [7, 11) is 1.90. The molecule has 1 amide bonds. The van der Waals surface area contributed by atoms with E-state index >= 15 is 0 Å². The van der Waals surface area contributed by atoms with Crippen LogP contribution in [0.4, 0.5) is 0 Å². The van der Waals surface area contributed by atoms with Gasteiger partial charge in [0.05, 0.1) is 0 Å². The van der Waals surface area contributed by atoms with Crippen LogP contribution in [0.25, 0.3) is 0 Å². The highest BCUT2D eigenvalue weighted by Gasteiger charge is 2.19. The molecule has 0 atom stereocenters. The van der Waals surface area contributed by atoms with Gasteiger partial charge in [-0.3, -0.25) is 4.79 Å². The Hall–Kier alpha value is -1.35. The Morgan fingerprint density at radius 1 is 1.21 bits per heavy atom. The first kappa shape index (κ1) is 15.7. The summed E-state index contributed by atoms with van der Waals surface area (Å²) in [5, 5.41) is 6.08. The third-order valence-corrected chi connectivity index (χ3v) is 3.12. The predicted octanol–water partition coefficient (Wildman–Crippen LogP) is 2.37. The second-order valence-corrected chi connectivity index (χ2v) is 5.81. The van der Waals surface area contributed by atoms with Crippen molar-refractivity contribution in [3.05, 3.63) is 35.9 Å². The van der Waals surface area contributed by atoms with Crippen LogP contribution in [-0.4, -0.2) is 26.0 Å². The van der Waals surface area contributed by atoms with Crippen molar-refractivity contribution in [1.82, 2.24) is 10.6 Å². The number of carbonyl (C=O) groups excluding carboxylic acids is 1. The largest absolute Gasteiger partial charge is 0.356 e. The molecule has 1 aromatic carbocycles. The van der Waals surface area contributed by atoms with E-state index in [4.69, 9.17) is 0 Å². The molecular formula is C16H26N2O. The third-order valence-electron chi connectivity index (χ3n) is 3.12. The molecule has 0 fully saturated rings. The van der Waals surface area contributed by atoms with E-state index in [9.17, 15) is 4.79 Å². The zero-order valence-corrected chi connectivity index (χ0v) is 12.3. The van der Waals surface area contributed by atoms with E-state index in [0.29, 0.717) is 6.42 Å². The number of hydrogen-bond acceptors (Lipinski definition) is 2. The zero-order chi connectivity index (χ0) is 14.1. The molecule has 1 rings (SSSR count). The molecule has 0 spiro atoms. The summed E-state index contributed by atoms with van der Waals surface area (Å²) in [6, 6.07) is 10.4. The van der Waals surface area contributed by atoms with E-state index in [1.54, 1.807) is 0 Å². The van der Waals surface area contributed by atoms with E-state index < -0.39 is 0 Å². The normalized spacial score (nSPS) is 11.3. The standard InChI is InChI=1S/C16H26N2O/c1-16(2,12-14-8-5-4-6-9-14)13-18-15(19)10-7-11-17-3/h4-6,8-9,17H,7,10-13H2,1-3H3,(H,18,19). The average molecular weight is 262 g/mol. The van der Waals surface area contributed by atoms with E-state index in [2.05, 4.69) is 48.7 Å². The van der Waals surface area contributed by atoms with Crippen LogP contribution in [-0.2, 0) is 11.2 Å². The molecule has 3 heteroatoms. The smallest absolute Gasteiger partial charge is 0.220 e. The van der Waals surface area contributed by atoms with Crippen molar-refractivity contribution in [2.24, 2.45) is 5.41 Å². The number of hydrogen-bond donors (Lipinski definition) is 2. The summed E-state index contributed by atoms with van der Waals surface area (Å²) in [5.74, 6) is 0.149. The molecular weight excluding hydrogens is 236 g/mol. The van der Waals surface area contributed by atoms with Gasteiger partial charge in [0.15, 0.2) is 0 Å². The van der Waals surface area contributed by atoms with Gasteiger partial charge in [0, 0.05) is 13.0 Å². The maximum Gasteiger partial charge on any atom is 0.220 e. The van der Waals surface area contributed by atoms with Gasteiger partial charge in [0.1, 0.15) is 0 Å². The lowest BCUT2D eigenvalue weighted by molar-refractivity contribution is -0.121. The Kier molecular flexibility index (Phi) is 6.57. The first-order chi connectivity index (χ1) is 9.03. The van der Waals surface area contributed by atoms with Crippen LogP contribution in [0.5, 0.6) is 0 Å². The van der Waals surface area contributed by atoms with Crippen LogP contribution in [0, 0.1) is 5.41 Å². The molecule has 0 unspecified atom stereocenters. The van der Waals surface area contributed by atoms with Crippen LogP contribution in [0.3, 0.4) is 0 Å². The monoisotopic (exact) mass is 262 g/mol. The minimum atomic E-state index is 0.0834. The lowest BCUT2D eigenvalue weighted by Gasteiger charge is -2.25. The van der Waals surface area contributed by atoms with E-state index in [0.717, 1.165) is 25.9 Å². The van der Waals surface area contributed by atoms with E-state index in [-0.39, 0.29) is 11.3 Å². The average Bonchev–Trinajstić information content (AvgIpc) is 2.38. The van der Waals surface area contributed by atoms with Gasteiger partial charge in [-0.25, -0.2) is 0 Å². The first-order valence-corrected chi connectivity index (χ1v) is 6.99. The van der Waals surface area contributed by atoms with E-state index in [1.807, 2.05) is 13.1 Å². The molecule has 0 saturated carbocycles. The number of nitrogens with one attached hydrogen (secondary N) is 2. The zero-order valence-electron chi connectivity index (χ0n) is 12.3. The van der Waals surface area contributed by atoms with Crippen LogP contribution in [0.15, 0.2) is 30.3 Å². The molecule has 0 saturated heterocycles. The third kappa shape index (κ3) is 6.97. The van der Waals surface area contributed by atoms with Gasteiger partial charge in [0.2, 0.25) is 5.91 Å². The fourth-order valence-corrected chi connectivity index (χ4v) is 2.06. The molecule has 0 aromatic heterocycles. The SMILES string of the molecule is CNCCCC(=O)NCC(C)(C)Cc1ccccc1. The first-order valence-electron chi connectivity index (χ1n) is 6.99. The molecule has 0 bridgehead atoms. The van der Waals surface area contributed by atoms with Crippen molar-refractivity contribution in [1.29, 1.82) is 0 Å². The second-order valence-electron chi connectivity index (χ2n) is 5.81. The minimum absolute atomic E-state index is 0.0834. The lowest BCUT2D eigenvalue weighted by Crippen LogP contribution is -2.35. The van der Waals surface area contributed by atoms with Gasteiger partial charge in [-0.1, -0.05) is 44.2 Å². The molecule has 3 nitrogen and oxygen atoms in total. The fourth-order valence-electron chi connectivity index (χ4n) is 2.06. The molecule has 0 aliphatic carbocycles. The van der Waals surface area contributed by atoms with Gasteiger partial charge < -0.3 is 10.6 Å². The summed E-state index contributed by atoms with van der Waals surface area (Å²) < 4.78 is 0. The summed E-state index contributed by atoms with van der Waals surface area (Å²) in [4.78, 5) is 11.7. The Morgan fingerprint density at radius 2 is 1.89 bits per heavy atom. The molecule has 2 N–H and O–H groups in total. The quantitative estimate of drug-likeness (QED) is 0.706. The van der Waals surface area contributed by atoms with Crippen LogP contribution >= 0.6 is 0 Å². The summed E-state index contributed by atoms with van der Waals surface area (Å²) in [6.45, 7) is 5.99. The second kappa shape index (κ2) is 7.95. The van der Waals surface area contributed by atoms with Crippen LogP contribution in [0.2, 0.25) is 0 Å².